The molecule has 2 aromatic rings. The highest BCUT2D eigenvalue weighted by Crippen LogP contribution is 2.28. The number of anilines is 1. The highest BCUT2D eigenvalue weighted by molar-refractivity contribution is 9.10. The average Bonchev–Trinajstić information content (AvgIpc) is 2.40. The SMILES string of the molecule is COc1cccc(Cl)c1CNc1cc(Br)ccc1F. The molecule has 0 amide bonds. The molecular weight excluding hydrogens is 333 g/mol. The van der Waals surface area contributed by atoms with E-state index in [1.165, 1.54) is 6.07 Å². The molecule has 0 aliphatic heterocycles. The van der Waals surface area contributed by atoms with E-state index >= 15 is 0 Å². The predicted octanol–water partition coefficient (Wildman–Crippen LogP) is 4.86. The number of benzene rings is 2. The largest absolute Gasteiger partial charge is 0.496 e. The van der Waals surface area contributed by atoms with Gasteiger partial charge in [-0.15, -0.1) is 0 Å². The lowest BCUT2D eigenvalue weighted by Crippen LogP contribution is -2.04. The predicted molar refractivity (Wildman–Crippen MR) is 79.4 cm³/mol. The molecule has 0 aliphatic rings. The van der Waals surface area contributed by atoms with Gasteiger partial charge in [-0.05, 0) is 30.3 Å². The Morgan fingerprint density at radius 3 is 2.84 bits per heavy atom. The zero-order chi connectivity index (χ0) is 13.8. The van der Waals surface area contributed by atoms with Crippen molar-refractivity contribution >= 4 is 33.2 Å². The second kappa shape index (κ2) is 6.26. The molecule has 2 rings (SSSR count). The molecule has 0 spiro atoms. The minimum atomic E-state index is -0.311. The summed E-state index contributed by atoms with van der Waals surface area (Å²) in [5, 5.41) is 3.60. The lowest BCUT2D eigenvalue weighted by Gasteiger charge is -2.13. The Morgan fingerprint density at radius 1 is 1.32 bits per heavy atom. The normalized spacial score (nSPS) is 10.3. The second-order valence-electron chi connectivity index (χ2n) is 3.90. The van der Waals surface area contributed by atoms with Gasteiger partial charge in [-0.1, -0.05) is 33.6 Å². The molecule has 19 heavy (non-hydrogen) atoms. The van der Waals surface area contributed by atoms with Crippen LogP contribution in [-0.4, -0.2) is 7.11 Å². The Bertz CT molecular complexity index is 592. The monoisotopic (exact) mass is 343 g/mol. The number of rotatable bonds is 4. The minimum Gasteiger partial charge on any atom is -0.496 e. The maximum atomic E-state index is 13.6. The van der Waals surface area contributed by atoms with Crippen molar-refractivity contribution in [1.82, 2.24) is 0 Å². The van der Waals surface area contributed by atoms with Crippen molar-refractivity contribution in [3.05, 3.63) is 57.3 Å². The maximum Gasteiger partial charge on any atom is 0.146 e. The molecule has 1 N–H and O–H groups in total. The molecule has 0 aliphatic carbocycles. The Morgan fingerprint density at radius 2 is 2.11 bits per heavy atom. The van der Waals surface area contributed by atoms with Gasteiger partial charge in [0.05, 0.1) is 12.8 Å². The van der Waals surface area contributed by atoms with Gasteiger partial charge in [-0.3, -0.25) is 0 Å². The summed E-state index contributed by atoms with van der Waals surface area (Å²) in [5.41, 5.74) is 1.21. The Hall–Kier alpha value is -1.26. The van der Waals surface area contributed by atoms with Crippen molar-refractivity contribution in [2.24, 2.45) is 0 Å². The Kier molecular flexibility index (Phi) is 4.66. The van der Waals surface area contributed by atoms with E-state index < -0.39 is 0 Å². The van der Waals surface area contributed by atoms with Crippen LogP contribution in [0.25, 0.3) is 0 Å². The lowest BCUT2D eigenvalue weighted by molar-refractivity contribution is 0.410. The van der Waals surface area contributed by atoms with Crippen molar-refractivity contribution in [3.8, 4) is 5.75 Å². The summed E-state index contributed by atoms with van der Waals surface area (Å²) in [6.07, 6.45) is 0. The third-order valence-electron chi connectivity index (χ3n) is 2.68. The Balaban J connectivity index is 2.21. The van der Waals surface area contributed by atoms with E-state index in [2.05, 4.69) is 21.2 Å². The van der Waals surface area contributed by atoms with E-state index in [-0.39, 0.29) is 5.82 Å². The van der Waals surface area contributed by atoms with Crippen LogP contribution in [0.2, 0.25) is 5.02 Å². The first kappa shape index (κ1) is 14.2. The fraction of sp³-hybridized carbons (Fsp3) is 0.143. The number of nitrogens with one attached hydrogen (secondary N) is 1. The fourth-order valence-electron chi connectivity index (χ4n) is 1.72. The summed E-state index contributed by atoms with van der Waals surface area (Å²) in [6.45, 7) is 0.385. The quantitative estimate of drug-likeness (QED) is 0.855. The smallest absolute Gasteiger partial charge is 0.146 e. The number of halogens is 3. The van der Waals surface area contributed by atoms with Crippen LogP contribution in [-0.2, 0) is 6.54 Å². The van der Waals surface area contributed by atoms with Crippen LogP contribution in [0, 0.1) is 5.82 Å². The standard InChI is InChI=1S/C14H12BrClFNO/c1-19-14-4-2-3-11(16)10(14)8-18-13-7-9(15)5-6-12(13)17/h2-7,18H,8H2,1H3. The van der Waals surface area contributed by atoms with Crippen LogP contribution in [0.15, 0.2) is 40.9 Å². The van der Waals surface area contributed by atoms with Crippen LogP contribution in [0.3, 0.4) is 0 Å². The summed E-state index contributed by atoms with van der Waals surface area (Å²) in [4.78, 5) is 0. The van der Waals surface area contributed by atoms with Crippen molar-refractivity contribution in [1.29, 1.82) is 0 Å². The van der Waals surface area contributed by atoms with E-state index in [1.807, 2.05) is 12.1 Å². The molecule has 2 aromatic carbocycles. The molecule has 0 bridgehead atoms. The van der Waals surface area contributed by atoms with E-state index in [0.29, 0.717) is 23.0 Å². The van der Waals surface area contributed by atoms with Gasteiger partial charge in [0.2, 0.25) is 0 Å². The van der Waals surface area contributed by atoms with Gasteiger partial charge in [0.15, 0.2) is 0 Å². The van der Waals surface area contributed by atoms with Gasteiger partial charge in [-0.2, -0.15) is 0 Å². The molecule has 0 saturated heterocycles. The summed E-state index contributed by atoms with van der Waals surface area (Å²) >= 11 is 9.43. The van der Waals surface area contributed by atoms with E-state index in [4.69, 9.17) is 16.3 Å². The summed E-state index contributed by atoms with van der Waals surface area (Å²) in [7, 11) is 1.58. The molecule has 0 saturated carbocycles. The van der Waals surface area contributed by atoms with Crippen LogP contribution < -0.4 is 10.1 Å². The molecule has 100 valence electrons. The van der Waals surface area contributed by atoms with Crippen LogP contribution in [0.1, 0.15) is 5.56 Å². The van der Waals surface area contributed by atoms with Gasteiger partial charge >= 0.3 is 0 Å². The number of hydrogen-bond acceptors (Lipinski definition) is 2. The summed E-state index contributed by atoms with van der Waals surface area (Å²) < 4.78 is 19.7. The first-order chi connectivity index (χ1) is 9.11. The van der Waals surface area contributed by atoms with Gasteiger partial charge in [0.1, 0.15) is 11.6 Å². The highest BCUT2D eigenvalue weighted by atomic mass is 79.9. The van der Waals surface area contributed by atoms with Gasteiger partial charge < -0.3 is 10.1 Å². The molecular formula is C14H12BrClFNO. The maximum absolute atomic E-state index is 13.6. The molecule has 5 heteroatoms. The summed E-state index contributed by atoms with van der Waals surface area (Å²) in [5.74, 6) is 0.365. The van der Waals surface area contributed by atoms with Gasteiger partial charge in [0.25, 0.3) is 0 Å². The highest BCUT2D eigenvalue weighted by Gasteiger charge is 2.09. The van der Waals surface area contributed by atoms with Crippen molar-refractivity contribution < 1.29 is 9.13 Å². The molecule has 0 fully saturated rings. The van der Waals surface area contributed by atoms with Gasteiger partial charge in [0, 0.05) is 21.6 Å². The van der Waals surface area contributed by atoms with E-state index in [1.54, 1.807) is 25.3 Å². The summed E-state index contributed by atoms with van der Waals surface area (Å²) in [6, 6.07) is 10.1. The van der Waals surface area contributed by atoms with E-state index in [9.17, 15) is 4.39 Å². The Labute approximate surface area is 124 Å². The number of methoxy groups -OCH3 is 1. The zero-order valence-corrected chi connectivity index (χ0v) is 12.6. The number of hydrogen-bond donors (Lipinski definition) is 1. The zero-order valence-electron chi connectivity index (χ0n) is 10.2. The van der Waals surface area contributed by atoms with Crippen LogP contribution >= 0.6 is 27.5 Å². The number of ether oxygens (including phenoxy) is 1. The first-order valence-corrected chi connectivity index (χ1v) is 6.79. The molecule has 0 unspecified atom stereocenters. The first-order valence-electron chi connectivity index (χ1n) is 5.62. The van der Waals surface area contributed by atoms with Crippen LogP contribution in [0.5, 0.6) is 5.75 Å². The van der Waals surface area contributed by atoms with E-state index in [0.717, 1.165) is 10.0 Å². The molecule has 0 aromatic heterocycles. The van der Waals surface area contributed by atoms with Crippen molar-refractivity contribution in [2.45, 2.75) is 6.54 Å². The fourth-order valence-corrected chi connectivity index (χ4v) is 2.31. The third kappa shape index (κ3) is 3.39. The second-order valence-corrected chi connectivity index (χ2v) is 5.22. The minimum absolute atomic E-state index is 0.311. The third-order valence-corrected chi connectivity index (χ3v) is 3.53. The topological polar surface area (TPSA) is 21.3 Å². The molecule has 2 nitrogen and oxygen atoms in total. The molecule has 0 atom stereocenters. The lowest BCUT2D eigenvalue weighted by atomic mass is 10.2. The molecule has 0 heterocycles. The van der Waals surface area contributed by atoms with Crippen molar-refractivity contribution in [3.63, 3.8) is 0 Å². The van der Waals surface area contributed by atoms with Crippen molar-refractivity contribution in [2.75, 3.05) is 12.4 Å². The van der Waals surface area contributed by atoms with Gasteiger partial charge in [-0.25, -0.2) is 4.39 Å². The van der Waals surface area contributed by atoms with Crippen LogP contribution in [0.4, 0.5) is 10.1 Å². The molecule has 0 radical (unpaired) electrons. The average molecular weight is 345 g/mol.